The van der Waals surface area contributed by atoms with Gasteiger partial charge in [0.1, 0.15) is 6.61 Å². The van der Waals surface area contributed by atoms with Crippen molar-refractivity contribution in [1.82, 2.24) is 4.90 Å². The molecule has 1 aromatic carbocycles. The van der Waals surface area contributed by atoms with Crippen LogP contribution in [0.2, 0.25) is 0 Å². The maximum Gasteiger partial charge on any atom is 0.227 e. The molecule has 2 unspecified atom stereocenters. The Morgan fingerprint density at radius 2 is 2.05 bits per heavy atom. The summed E-state index contributed by atoms with van der Waals surface area (Å²) in [4.78, 5) is 14.1. The summed E-state index contributed by atoms with van der Waals surface area (Å²) in [6, 6.07) is 7.57. The fraction of sp³-hybridized carbons (Fsp3) is 0.562. The first-order valence-corrected chi connectivity index (χ1v) is 7.36. The van der Waals surface area contributed by atoms with Crippen LogP contribution in [0, 0.1) is 11.8 Å². The maximum absolute atomic E-state index is 12.4. The molecule has 2 N–H and O–H groups in total. The van der Waals surface area contributed by atoms with Crippen LogP contribution in [0.4, 0.5) is 0 Å². The topological polar surface area (TPSA) is 64.8 Å². The van der Waals surface area contributed by atoms with Gasteiger partial charge in [0.05, 0.1) is 12.5 Å². The highest BCUT2D eigenvalue weighted by atomic mass is 16.6. The molecule has 21 heavy (non-hydrogen) atoms. The summed E-state index contributed by atoms with van der Waals surface area (Å²) in [6.07, 6.45) is -0.153. The van der Waals surface area contributed by atoms with Gasteiger partial charge in [0, 0.05) is 13.6 Å². The number of carbonyl (C=O) groups excluding carboxylic acids is 1. The van der Waals surface area contributed by atoms with Crippen molar-refractivity contribution >= 4 is 5.91 Å². The minimum Gasteiger partial charge on any atom is -0.486 e. The van der Waals surface area contributed by atoms with Crippen molar-refractivity contribution in [3.63, 3.8) is 0 Å². The van der Waals surface area contributed by atoms with E-state index in [-0.39, 0.29) is 23.8 Å². The zero-order chi connectivity index (χ0) is 15.4. The van der Waals surface area contributed by atoms with Gasteiger partial charge in [-0.2, -0.15) is 0 Å². The van der Waals surface area contributed by atoms with Gasteiger partial charge in [0.2, 0.25) is 5.91 Å². The molecule has 0 spiro atoms. The van der Waals surface area contributed by atoms with E-state index in [1.165, 1.54) is 0 Å². The van der Waals surface area contributed by atoms with Crippen LogP contribution in [-0.4, -0.2) is 43.7 Å². The molecule has 116 valence electrons. The molecule has 1 aliphatic heterocycles. The van der Waals surface area contributed by atoms with E-state index >= 15 is 0 Å². The van der Waals surface area contributed by atoms with Gasteiger partial charge in [-0.05, 0) is 18.1 Å². The van der Waals surface area contributed by atoms with Crippen molar-refractivity contribution < 1.29 is 14.3 Å². The molecular weight excluding hydrogens is 268 g/mol. The van der Waals surface area contributed by atoms with E-state index in [4.69, 9.17) is 15.2 Å². The predicted molar refractivity (Wildman–Crippen MR) is 81.4 cm³/mol. The lowest BCUT2D eigenvalue weighted by Gasteiger charge is -2.31. The number of likely N-dealkylation sites (N-methyl/N-ethyl adjacent to an activating group) is 1. The molecule has 0 bridgehead atoms. The summed E-state index contributed by atoms with van der Waals surface area (Å²) in [5.74, 6) is 1.63. The molecule has 0 aromatic heterocycles. The molecule has 1 amide bonds. The summed E-state index contributed by atoms with van der Waals surface area (Å²) in [6.45, 7) is 5.34. The third-order valence-corrected chi connectivity index (χ3v) is 3.80. The van der Waals surface area contributed by atoms with Crippen molar-refractivity contribution in [2.75, 3.05) is 26.7 Å². The van der Waals surface area contributed by atoms with Crippen molar-refractivity contribution in [3.8, 4) is 11.5 Å². The van der Waals surface area contributed by atoms with Crippen LogP contribution >= 0.6 is 0 Å². The largest absolute Gasteiger partial charge is 0.486 e. The second-order valence-electron chi connectivity index (χ2n) is 5.80. The van der Waals surface area contributed by atoms with E-state index in [1.54, 1.807) is 11.9 Å². The number of benzene rings is 1. The third kappa shape index (κ3) is 3.67. The standard InChI is InChI=1S/C16H24N2O3/c1-11(2)13(8-17)16(19)18(3)9-12-10-20-14-6-4-5-7-15(14)21-12/h4-7,11-13H,8-10,17H2,1-3H3. The summed E-state index contributed by atoms with van der Waals surface area (Å²) < 4.78 is 11.5. The lowest BCUT2D eigenvalue weighted by atomic mass is 9.94. The first-order chi connectivity index (χ1) is 10.0. The Morgan fingerprint density at radius 3 is 2.67 bits per heavy atom. The van der Waals surface area contributed by atoms with Gasteiger partial charge in [-0.3, -0.25) is 4.79 Å². The summed E-state index contributed by atoms with van der Waals surface area (Å²) in [5, 5.41) is 0. The van der Waals surface area contributed by atoms with E-state index in [2.05, 4.69) is 0 Å². The van der Waals surface area contributed by atoms with E-state index < -0.39 is 0 Å². The molecule has 0 saturated carbocycles. The first-order valence-electron chi connectivity index (χ1n) is 7.36. The highest BCUT2D eigenvalue weighted by molar-refractivity contribution is 5.79. The minimum atomic E-state index is -0.153. The first kappa shape index (κ1) is 15.6. The smallest absolute Gasteiger partial charge is 0.227 e. The van der Waals surface area contributed by atoms with E-state index in [9.17, 15) is 4.79 Å². The van der Waals surface area contributed by atoms with Gasteiger partial charge >= 0.3 is 0 Å². The van der Waals surface area contributed by atoms with Gasteiger partial charge in [-0.15, -0.1) is 0 Å². The maximum atomic E-state index is 12.4. The number of nitrogens with two attached hydrogens (primary N) is 1. The molecule has 0 radical (unpaired) electrons. The van der Waals surface area contributed by atoms with Crippen LogP contribution < -0.4 is 15.2 Å². The number of hydrogen-bond acceptors (Lipinski definition) is 4. The van der Waals surface area contributed by atoms with Crippen molar-refractivity contribution in [1.29, 1.82) is 0 Å². The van der Waals surface area contributed by atoms with Crippen LogP contribution in [0.3, 0.4) is 0 Å². The van der Waals surface area contributed by atoms with Gasteiger partial charge in [-0.25, -0.2) is 0 Å². The number of nitrogens with zero attached hydrogens (tertiary/aromatic N) is 1. The molecule has 5 nitrogen and oxygen atoms in total. The molecule has 1 heterocycles. The van der Waals surface area contributed by atoms with Crippen molar-refractivity contribution in [2.24, 2.45) is 17.6 Å². The second-order valence-corrected chi connectivity index (χ2v) is 5.80. The number of hydrogen-bond donors (Lipinski definition) is 1. The highest BCUT2D eigenvalue weighted by Crippen LogP contribution is 2.31. The van der Waals surface area contributed by atoms with Crippen LogP contribution in [0.25, 0.3) is 0 Å². The van der Waals surface area contributed by atoms with Gasteiger partial charge in [0.15, 0.2) is 17.6 Å². The number of para-hydroxylation sites is 2. The monoisotopic (exact) mass is 292 g/mol. The minimum absolute atomic E-state index is 0.0648. The molecule has 0 saturated heterocycles. The van der Waals surface area contributed by atoms with Crippen molar-refractivity contribution in [3.05, 3.63) is 24.3 Å². The Bertz CT molecular complexity index is 490. The molecule has 2 rings (SSSR count). The molecular formula is C16H24N2O3. The van der Waals surface area contributed by atoms with Crippen LogP contribution in [0.15, 0.2) is 24.3 Å². The second kappa shape index (κ2) is 6.80. The number of fused-ring (bicyclic) bond motifs is 1. The average Bonchev–Trinajstić information content (AvgIpc) is 2.47. The summed E-state index contributed by atoms with van der Waals surface area (Å²) in [7, 11) is 1.79. The molecule has 2 atom stereocenters. The Balaban J connectivity index is 1.95. The number of rotatable bonds is 5. The third-order valence-electron chi connectivity index (χ3n) is 3.80. The Kier molecular flexibility index (Phi) is 5.07. The van der Waals surface area contributed by atoms with Gasteiger partial charge in [-0.1, -0.05) is 26.0 Å². The fourth-order valence-corrected chi connectivity index (χ4v) is 2.49. The van der Waals surface area contributed by atoms with Crippen molar-refractivity contribution in [2.45, 2.75) is 20.0 Å². The van der Waals surface area contributed by atoms with Crippen LogP contribution in [-0.2, 0) is 4.79 Å². The van der Waals surface area contributed by atoms with E-state index in [0.717, 1.165) is 11.5 Å². The quantitative estimate of drug-likeness (QED) is 0.893. The highest BCUT2D eigenvalue weighted by Gasteiger charge is 2.28. The van der Waals surface area contributed by atoms with Gasteiger partial charge in [0.25, 0.3) is 0 Å². The molecule has 0 fully saturated rings. The Hall–Kier alpha value is -1.75. The Labute approximate surface area is 126 Å². The molecule has 1 aromatic rings. The zero-order valence-electron chi connectivity index (χ0n) is 12.9. The Morgan fingerprint density at radius 1 is 1.38 bits per heavy atom. The molecule has 0 aliphatic carbocycles. The lowest BCUT2D eigenvalue weighted by Crippen LogP contribution is -2.46. The average molecular weight is 292 g/mol. The van der Waals surface area contributed by atoms with E-state index in [0.29, 0.717) is 19.7 Å². The predicted octanol–water partition coefficient (Wildman–Crippen LogP) is 1.52. The van der Waals surface area contributed by atoms with Crippen LogP contribution in [0.1, 0.15) is 13.8 Å². The van der Waals surface area contributed by atoms with E-state index in [1.807, 2.05) is 38.1 Å². The van der Waals surface area contributed by atoms with Gasteiger partial charge < -0.3 is 20.1 Å². The summed E-state index contributed by atoms with van der Waals surface area (Å²) in [5.41, 5.74) is 5.71. The molecule has 5 heteroatoms. The number of carbonyl (C=O) groups is 1. The van der Waals surface area contributed by atoms with Crippen LogP contribution in [0.5, 0.6) is 11.5 Å². The normalized spacial score (nSPS) is 18.4. The SMILES string of the molecule is CC(C)C(CN)C(=O)N(C)CC1COc2ccccc2O1. The lowest BCUT2D eigenvalue weighted by molar-refractivity contribution is -0.136. The molecule has 1 aliphatic rings. The number of amides is 1. The summed E-state index contributed by atoms with van der Waals surface area (Å²) >= 11 is 0. The zero-order valence-corrected chi connectivity index (χ0v) is 12.9. The number of ether oxygens (including phenoxy) is 2. The fourth-order valence-electron chi connectivity index (χ4n) is 2.49.